The Morgan fingerprint density at radius 2 is 1.86 bits per heavy atom. The number of carboxylic acids is 1. The summed E-state index contributed by atoms with van der Waals surface area (Å²) in [7, 11) is 1.58. The molecule has 3 aliphatic heterocycles. The molecule has 4 aliphatic rings. The molecule has 3 fully saturated rings. The fourth-order valence-corrected chi connectivity index (χ4v) is 7.50. The average molecular weight is 676 g/mol. The third kappa shape index (κ3) is 7.06. The highest BCUT2D eigenvalue weighted by atomic mass is 16.6. The normalized spacial score (nSPS) is 29.4. The highest BCUT2D eigenvalue weighted by Gasteiger charge is 2.62. The van der Waals surface area contributed by atoms with Crippen LogP contribution in [-0.2, 0) is 19.1 Å². The molecule has 4 amide bonds. The van der Waals surface area contributed by atoms with Crippen LogP contribution in [0.15, 0.2) is 42.5 Å². The Morgan fingerprint density at radius 1 is 1.06 bits per heavy atom. The van der Waals surface area contributed by atoms with Gasteiger partial charge in [-0.15, -0.1) is 0 Å². The van der Waals surface area contributed by atoms with E-state index in [1.54, 1.807) is 51.0 Å². The third-order valence-electron chi connectivity index (χ3n) is 10.1. The van der Waals surface area contributed by atoms with E-state index in [0.717, 1.165) is 24.6 Å². The van der Waals surface area contributed by atoms with Crippen molar-refractivity contribution in [1.29, 1.82) is 0 Å². The molecular formula is C36H45N5O8. The molecule has 6 atom stereocenters. The lowest BCUT2D eigenvalue weighted by atomic mass is 9.93. The molecule has 0 spiro atoms. The number of likely N-dealkylation sites (tertiary alicyclic amines) is 1. The van der Waals surface area contributed by atoms with Gasteiger partial charge in [0, 0.05) is 42.8 Å². The lowest BCUT2D eigenvalue weighted by Crippen LogP contribution is -2.58. The van der Waals surface area contributed by atoms with Crippen LogP contribution < -0.4 is 15.4 Å². The maximum Gasteiger partial charge on any atom is 0.408 e. The minimum Gasteiger partial charge on any atom is -0.497 e. The zero-order chi connectivity index (χ0) is 35.1. The quantitative estimate of drug-likeness (QED) is 0.411. The zero-order valence-electron chi connectivity index (χ0n) is 28.4. The van der Waals surface area contributed by atoms with E-state index in [1.165, 1.54) is 4.90 Å². The number of aromatic nitrogens is 1. The number of nitrogens with one attached hydrogen (secondary N) is 2. The van der Waals surface area contributed by atoms with Crippen molar-refractivity contribution < 1.29 is 38.6 Å². The first-order valence-corrected chi connectivity index (χ1v) is 17.1. The minimum atomic E-state index is -1.46. The first-order valence-electron chi connectivity index (χ1n) is 17.1. The maximum atomic E-state index is 14.3. The van der Waals surface area contributed by atoms with Gasteiger partial charge in [-0.3, -0.25) is 14.4 Å². The summed E-state index contributed by atoms with van der Waals surface area (Å²) in [6, 6.07) is 6.89. The lowest BCUT2D eigenvalue weighted by molar-refractivity contribution is -0.146. The number of allylic oxidation sites excluding steroid dienone is 1. The summed E-state index contributed by atoms with van der Waals surface area (Å²) in [5, 5.41) is 16.6. The molecule has 2 saturated heterocycles. The molecule has 13 nitrogen and oxygen atoms in total. The SMILES string of the molecule is COc1ccc2nc(C(=O)N3C[C@H]4CN5C(=O)[C@H](NC(=O)OC(C)(C)C)CCCCC/C=C\[C@H]6C[C@@]6(C(=O)O)NC(=O)[C@@H]5[C@H]4C3)ccc2c1. The van der Waals surface area contributed by atoms with Crippen molar-refractivity contribution in [3.8, 4) is 5.75 Å². The van der Waals surface area contributed by atoms with Crippen LogP contribution in [0.5, 0.6) is 5.75 Å². The number of nitrogens with zero attached hydrogens (tertiary/aromatic N) is 3. The molecule has 1 aliphatic carbocycles. The zero-order valence-corrected chi connectivity index (χ0v) is 28.4. The fraction of sp³-hybridized carbons (Fsp3) is 0.556. The number of pyridine rings is 1. The summed E-state index contributed by atoms with van der Waals surface area (Å²) in [6.45, 7) is 5.86. The van der Waals surface area contributed by atoms with E-state index >= 15 is 0 Å². The van der Waals surface area contributed by atoms with Crippen LogP contribution >= 0.6 is 0 Å². The maximum absolute atomic E-state index is 14.3. The van der Waals surface area contributed by atoms with Crippen molar-refractivity contribution in [3.05, 3.63) is 48.2 Å². The number of hydrogen-bond acceptors (Lipinski definition) is 8. The average Bonchev–Trinajstić information content (AvgIpc) is 3.40. The third-order valence-corrected chi connectivity index (χ3v) is 10.1. The molecule has 1 aromatic carbocycles. The Labute approximate surface area is 285 Å². The van der Waals surface area contributed by atoms with Gasteiger partial charge in [0.15, 0.2) is 0 Å². The molecular weight excluding hydrogens is 630 g/mol. The van der Waals surface area contributed by atoms with Crippen molar-refractivity contribution >= 4 is 40.7 Å². The minimum absolute atomic E-state index is 0.173. The van der Waals surface area contributed by atoms with E-state index in [-0.39, 0.29) is 42.9 Å². The first kappa shape index (κ1) is 34.2. The van der Waals surface area contributed by atoms with Gasteiger partial charge in [0.05, 0.1) is 12.6 Å². The summed E-state index contributed by atoms with van der Waals surface area (Å²) >= 11 is 0. The number of ether oxygens (including phenoxy) is 2. The van der Waals surface area contributed by atoms with Crippen molar-refractivity contribution in [2.24, 2.45) is 17.8 Å². The van der Waals surface area contributed by atoms with Crippen LogP contribution in [-0.4, -0.2) is 99.6 Å². The van der Waals surface area contributed by atoms with Gasteiger partial charge in [0.1, 0.15) is 34.7 Å². The molecule has 13 heteroatoms. The molecule has 49 heavy (non-hydrogen) atoms. The second-order valence-corrected chi connectivity index (χ2v) is 14.7. The Bertz CT molecular complexity index is 1690. The van der Waals surface area contributed by atoms with Gasteiger partial charge < -0.3 is 35.0 Å². The molecule has 2 aromatic rings. The van der Waals surface area contributed by atoms with Crippen molar-refractivity contribution in [2.75, 3.05) is 26.7 Å². The molecule has 0 bridgehead atoms. The van der Waals surface area contributed by atoms with Crippen LogP contribution in [0.4, 0.5) is 4.79 Å². The number of methoxy groups -OCH3 is 1. The largest absolute Gasteiger partial charge is 0.497 e. The Kier molecular flexibility index (Phi) is 9.29. The predicted octanol–water partition coefficient (Wildman–Crippen LogP) is 3.52. The molecule has 0 radical (unpaired) electrons. The van der Waals surface area contributed by atoms with E-state index in [9.17, 15) is 29.1 Å². The second kappa shape index (κ2) is 13.3. The molecule has 0 unspecified atom stereocenters. The van der Waals surface area contributed by atoms with Gasteiger partial charge in [-0.1, -0.05) is 31.1 Å². The number of rotatable bonds is 4. The smallest absolute Gasteiger partial charge is 0.408 e. The van der Waals surface area contributed by atoms with Crippen molar-refractivity contribution in [2.45, 2.75) is 82.5 Å². The second-order valence-electron chi connectivity index (χ2n) is 14.7. The number of carbonyl (C=O) groups is 5. The van der Waals surface area contributed by atoms with Crippen LogP contribution in [0, 0.1) is 17.8 Å². The lowest BCUT2D eigenvalue weighted by Gasteiger charge is -2.33. The molecule has 1 saturated carbocycles. The molecule has 3 N–H and O–H groups in total. The highest BCUT2D eigenvalue weighted by molar-refractivity contribution is 5.98. The van der Waals surface area contributed by atoms with Gasteiger partial charge in [-0.05, 0) is 70.7 Å². The summed E-state index contributed by atoms with van der Waals surface area (Å²) in [5.41, 5.74) is -1.34. The first-order chi connectivity index (χ1) is 23.3. The van der Waals surface area contributed by atoms with Crippen molar-refractivity contribution in [3.63, 3.8) is 0 Å². The van der Waals surface area contributed by atoms with Crippen LogP contribution in [0.2, 0.25) is 0 Å². The summed E-state index contributed by atoms with van der Waals surface area (Å²) < 4.78 is 10.8. The topological polar surface area (TPSA) is 167 Å². The molecule has 4 heterocycles. The van der Waals surface area contributed by atoms with Gasteiger partial charge in [-0.2, -0.15) is 0 Å². The Hall–Kier alpha value is -4.68. The number of alkyl carbamates (subject to hydrolysis) is 1. The Balaban J connectivity index is 1.28. The number of aliphatic carboxylic acids is 1. The fourth-order valence-electron chi connectivity index (χ4n) is 7.50. The number of hydrogen-bond donors (Lipinski definition) is 3. The van der Waals surface area contributed by atoms with Crippen LogP contribution in [0.1, 0.15) is 69.8 Å². The van der Waals surface area contributed by atoms with Crippen LogP contribution in [0.25, 0.3) is 10.9 Å². The molecule has 1 aromatic heterocycles. The van der Waals surface area contributed by atoms with Gasteiger partial charge in [0.25, 0.3) is 5.91 Å². The highest BCUT2D eigenvalue weighted by Crippen LogP contribution is 2.46. The summed E-state index contributed by atoms with van der Waals surface area (Å²) in [6.07, 6.45) is 6.75. The van der Waals surface area contributed by atoms with Crippen LogP contribution in [0.3, 0.4) is 0 Å². The van der Waals surface area contributed by atoms with E-state index in [4.69, 9.17) is 9.47 Å². The van der Waals surface area contributed by atoms with Crippen molar-refractivity contribution in [1.82, 2.24) is 25.4 Å². The van der Waals surface area contributed by atoms with Gasteiger partial charge in [-0.25, -0.2) is 14.6 Å². The number of benzene rings is 1. The molecule has 6 rings (SSSR count). The van der Waals surface area contributed by atoms with E-state index in [0.29, 0.717) is 30.7 Å². The Morgan fingerprint density at radius 3 is 2.59 bits per heavy atom. The van der Waals surface area contributed by atoms with E-state index in [2.05, 4.69) is 15.6 Å². The number of fused-ring (bicyclic) bond motifs is 5. The number of carbonyl (C=O) groups excluding carboxylic acids is 4. The van der Waals surface area contributed by atoms with Gasteiger partial charge in [0.2, 0.25) is 11.8 Å². The number of carboxylic acid groups (broad SMARTS) is 1. The number of amides is 4. The van der Waals surface area contributed by atoms with Gasteiger partial charge >= 0.3 is 12.1 Å². The standard InChI is InChI=1S/C36H45N5O8/c1-35(2,3)49-34(47)38-27-11-9-7-5-6-8-10-23-17-36(23,33(45)46)39-30(42)29-25-20-40(18-22(25)19-41(29)32(27)44)31(43)28-14-12-21-16-24(48-4)13-15-26(21)37-28/h8,10,12-16,22-23,25,27,29H,5-7,9,11,17-20H2,1-4H3,(H,38,47)(H,39,42)(H,45,46)/b10-8-/t22-,23-,25-,27+,29-,36+/m0/s1. The van der Waals surface area contributed by atoms with E-state index in [1.807, 2.05) is 24.3 Å². The predicted molar refractivity (Wildman–Crippen MR) is 179 cm³/mol. The summed E-state index contributed by atoms with van der Waals surface area (Å²) in [4.78, 5) is 75.3. The monoisotopic (exact) mass is 675 g/mol. The van der Waals surface area contributed by atoms with E-state index < -0.39 is 53.0 Å². The summed E-state index contributed by atoms with van der Waals surface area (Å²) in [5.74, 6) is -2.78. The molecule has 262 valence electrons.